The summed E-state index contributed by atoms with van der Waals surface area (Å²) >= 11 is 0. The molecule has 2 N–H and O–H groups in total. The number of hydrogen-bond donors (Lipinski definition) is 2. The van der Waals surface area contributed by atoms with Crippen LogP contribution in [0.5, 0.6) is 5.75 Å². The van der Waals surface area contributed by atoms with Crippen LogP contribution in [0, 0.1) is 0 Å². The lowest BCUT2D eigenvalue weighted by molar-refractivity contribution is -0.157. The summed E-state index contributed by atoms with van der Waals surface area (Å²) < 4.78 is 16.2. The molecule has 0 radical (unpaired) electrons. The van der Waals surface area contributed by atoms with Crippen molar-refractivity contribution >= 4 is 18.5 Å². The van der Waals surface area contributed by atoms with Gasteiger partial charge in [0.1, 0.15) is 29.6 Å². The van der Waals surface area contributed by atoms with Gasteiger partial charge in [-0.2, -0.15) is 0 Å². The number of nitrogens with one attached hydrogen (secondary N) is 2. The number of ether oxygens (including phenoxy) is 3. The van der Waals surface area contributed by atoms with E-state index in [1.165, 1.54) is 0 Å². The molecule has 1 unspecified atom stereocenters. The molecule has 1 aromatic rings. The van der Waals surface area contributed by atoms with Crippen molar-refractivity contribution in [2.45, 2.75) is 65.2 Å². The van der Waals surface area contributed by atoms with Gasteiger partial charge in [0.15, 0.2) is 0 Å². The van der Waals surface area contributed by atoms with E-state index >= 15 is 0 Å². The fourth-order valence-corrected chi connectivity index (χ4v) is 2.26. The summed E-state index contributed by atoms with van der Waals surface area (Å²) in [7, 11) is 0. The molecule has 0 heterocycles. The van der Waals surface area contributed by atoms with Crippen LogP contribution in [0.2, 0.25) is 0 Å². The maximum atomic E-state index is 12.6. The molecule has 1 rings (SSSR count). The first-order chi connectivity index (χ1) is 13.4. The van der Waals surface area contributed by atoms with E-state index < -0.39 is 29.3 Å². The molecule has 0 saturated carbocycles. The molecule has 0 aliphatic carbocycles. The van der Waals surface area contributed by atoms with Crippen LogP contribution in [0.25, 0.3) is 0 Å². The third kappa shape index (κ3) is 11.0. The van der Waals surface area contributed by atoms with Crippen molar-refractivity contribution in [3.8, 4) is 5.75 Å². The minimum Gasteiger partial charge on any atom is -0.492 e. The molecule has 8 heteroatoms. The standard InChI is InChI=1S/C21H32N2O6/c1-20(2,3)28-18(25)17(23-19(26)29-21(4,5)6)13-15-7-9-16(10-8-15)27-12-11-22-14-24/h7-10,14,17H,11-13H2,1-6H3,(H,22,24)(H,23,26). The molecule has 0 saturated heterocycles. The SMILES string of the molecule is CC(C)(C)OC(=O)NC(Cc1ccc(OCCNC=O)cc1)C(=O)OC(C)(C)C. The summed E-state index contributed by atoms with van der Waals surface area (Å²) in [6.07, 6.45) is 0.165. The highest BCUT2D eigenvalue weighted by Gasteiger charge is 2.28. The molecule has 29 heavy (non-hydrogen) atoms. The first kappa shape index (κ1) is 24.3. The van der Waals surface area contributed by atoms with Gasteiger partial charge in [0.05, 0.1) is 6.54 Å². The zero-order valence-electron chi connectivity index (χ0n) is 18.0. The van der Waals surface area contributed by atoms with Crippen LogP contribution in [-0.2, 0) is 25.5 Å². The average Bonchev–Trinajstić information content (AvgIpc) is 2.56. The largest absolute Gasteiger partial charge is 0.492 e. The molecule has 1 aromatic carbocycles. The fourth-order valence-electron chi connectivity index (χ4n) is 2.26. The summed E-state index contributed by atoms with van der Waals surface area (Å²) in [6.45, 7) is 11.3. The third-order valence-corrected chi connectivity index (χ3v) is 3.34. The van der Waals surface area contributed by atoms with Gasteiger partial charge in [-0.1, -0.05) is 12.1 Å². The molecule has 8 nitrogen and oxygen atoms in total. The van der Waals surface area contributed by atoms with E-state index in [2.05, 4.69) is 10.6 Å². The zero-order chi connectivity index (χ0) is 22.1. The van der Waals surface area contributed by atoms with Gasteiger partial charge in [0.25, 0.3) is 0 Å². The normalized spacial score (nSPS) is 12.5. The first-order valence-corrected chi connectivity index (χ1v) is 9.51. The van der Waals surface area contributed by atoms with E-state index in [1.54, 1.807) is 65.8 Å². The van der Waals surface area contributed by atoms with Crippen LogP contribution in [0.3, 0.4) is 0 Å². The van der Waals surface area contributed by atoms with Gasteiger partial charge in [-0.25, -0.2) is 9.59 Å². The minimum atomic E-state index is -0.896. The molecule has 0 aliphatic rings. The summed E-state index contributed by atoms with van der Waals surface area (Å²) in [5.74, 6) is 0.0963. The predicted octanol–water partition coefficient (Wildman–Crippen LogP) is 2.59. The van der Waals surface area contributed by atoms with Gasteiger partial charge in [0.2, 0.25) is 6.41 Å². The smallest absolute Gasteiger partial charge is 0.408 e. The summed E-state index contributed by atoms with van der Waals surface area (Å²) in [4.78, 5) is 35.0. The lowest BCUT2D eigenvalue weighted by Crippen LogP contribution is -2.47. The van der Waals surface area contributed by atoms with Gasteiger partial charge in [0, 0.05) is 6.42 Å². The van der Waals surface area contributed by atoms with Crippen LogP contribution >= 0.6 is 0 Å². The Kier molecular flexibility index (Phi) is 8.94. The lowest BCUT2D eigenvalue weighted by atomic mass is 10.1. The molecule has 2 amide bonds. The number of rotatable bonds is 9. The Morgan fingerprint density at radius 2 is 1.59 bits per heavy atom. The molecule has 0 spiro atoms. The van der Waals surface area contributed by atoms with E-state index in [-0.39, 0.29) is 6.42 Å². The second-order valence-corrected chi connectivity index (χ2v) is 8.50. The topological polar surface area (TPSA) is 103 Å². The van der Waals surface area contributed by atoms with Gasteiger partial charge >= 0.3 is 12.1 Å². The van der Waals surface area contributed by atoms with Crippen molar-refractivity contribution in [2.75, 3.05) is 13.2 Å². The quantitative estimate of drug-likeness (QED) is 0.370. The monoisotopic (exact) mass is 408 g/mol. The number of benzene rings is 1. The van der Waals surface area contributed by atoms with Crippen molar-refractivity contribution < 1.29 is 28.6 Å². The maximum Gasteiger partial charge on any atom is 0.408 e. The number of carbonyl (C=O) groups excluding carboxylic acids is 3. The maximum absolute atomic E-state index is 12.6. The van der Waals surface area contributed by atoms with Crippen LogP contribution in [0.4, 0.5) is 4.79 Å². The summed E-state index contributed by atoms with van der Waals surface area (Å²) in [5.41, 5.74) is -0.548. The highest BCUT2D eigenvalue weighted by atomic mass is 16.6. The summed E-state index contributed by atoms with van der Waals surface area (Å²) in [5, 5.41) is 5.11. The molecule has 0 fully saturated rings. The van der Waals surface area contributed by atoms with E-state index in [0.717, 1.165) is 5.56 Å². The second-order valence-electron chi connectivity index (χ2n) is 8.50. The van der Waals surface area contributed by atoms with Crippen molar-refractivity contribution in [3.63, 3.8) is 0 Å². The van der Waals surface area contributed by atoms with Crippen molar-refractivity contribution in [1.82, 2.24) is 10.6 Å². The van der Waals surface area contributed by atoms with Crippen LogP contribution in [0.15, 0.2) is 24.3 Å². The Morgan fingerprint density at radius 3 is 2.10 bits per heavy atom. The Morgan fingerprint density at radius 1 is 1.00 bits per heavy atom. The fraction of sp³-hybridized carbons (Fsp3) is 0.571. The number of alkyl carbamates (subject to hydrolysis) is 1. The zero-order valence-corrected chi connectivity index (χ0v) is 18.0. The van der Waals surface area contributed by atoms with Crippen molar-refractivity contribution in [2.24, 2.45) is 0 Å². The van der Waals surface area contributed by atoms with E-state index in [9.17, 15) is 14.4 Å². The van der Waals surface area contributed by atoms with Crippen LogP contribution in [-0.4, -0.2) is 48.9 Å². The van der Waals surface area contributed by atoms with E-state index in [1.807, 2.05) is 0 Å². The van der Waals surface area contributed by atoms with Gasteiger partial charge in [-0.05, 0) is 59.2 Å². The van der Waals surface area contributed by atoms with Crippen LogP contribution in [0.1, 0.15) is 47.1 Å². The highest BCUT2D eigenvalue weighted by Crippen LogP contribution is 2.16. The number of hydrogen-bond acceptors (Lipinski definition) is 6. The number of carbonyl (C=O) groups is 3. The Balaban J connectivity index is 2.80. The van der Waals surface area contributed by atoms with Crippen LogP contribution < -0.4 is 15.4 Å². The molecule has 1 atom stereocenters. The third-order valence-electron chi connectivity index (χ3n) is 3.34. The molecule has 162 valence electrons. The number of esters is 1. The Labute approximate surface area is 172 Å². The predicted molar refractivity (Wildman–Crippen MR) is 109 cm³/mol. The molecule has 0 aromatic heterocycles. The molecule has 0 bridgehead atoms. The minimum absolute atomic E-state index is 0.237. The molecular formula is C21H32N2O6. The highest BCUT2D eigenvalue weighted by molar-refractivity contribution is 5.82. The van der Waals surface area contributed by atoms with E-state index in [4.69, 9.17) is 14.2 Å². The summed E-state index contributed by atoms with van der Waals surface area (Å²) in [6, 6.07) is 6.23. The Hall–Kier alpha value is -2.77. The first-order valence-electron chi connectivity index (χ1n) is 9.51. The average molecular weight is 408 g/mol. The Bertz CT molecular complexity index is 674. The molecular weight excluding hydrogens is 376 g/mol. The van der Waals surface area contributed by atoms with Gasteiger partial charge < -0.3 is 24.8 Å². The van der Waals surface area contributed by atoms with Crippen molar-refractivity contribution in [3.05, 3.63) is 29.8 Å². The second kappa shape index (κ2) is 10.7. The van der Waals surface area contributed by atoms with Gasteiger partial charge in [-0.15, -0.1) is 0 Å². The van der Waals surface area contributed by atoms with Crippen molar-refractivity contribution in [1.29, 1.82) is 0 Å². The van der Waals surface area contributed by atoms with Gasteiger partial charge in [-0.3, -0.25) is 4.79 Å². The van der Waals surface area contributed by atoms with E-state index in [0.29, 0.717) is 25.3 Å². The number of amides is 2. The molecule has 0 aliphatic heterocycles. The lowest BCUT2D eigenvalue weighted by Gasteiger charge is -2.26.